The first kappa shape index (κ1) is 12.8. The molecule has 0 unspecified atom stereocenters. The number of hydrogen-bond acceptors (Lipinski definition) is 2. The molecule has 0 saturated carbocycles. The van der Waals surface area contributed by atoms with Crippen LogP contribution in [0, 0.1) is 0 Å². The number of rotatable bonds is 3. The van der Waals surface area contributed by atoms with Gasteiger partial charge in [0, 0.05) is 6.04 Å². The van der Waals surface area contributed by atoms with Crippen LogP contribution < -0.4 is 10.5 Å². The zero-order valence-electron chi connectivity index (χ0n) is 9.14. The minimum absolute atomic E-state index is 0.107. The average molecular weight is 233 g/mol. The van der Waals surface area contributed by atoms with Gasteiger partial charge in [-0.05, 0) is 24.1 Å². The lowest BCUT2D eigenvalue weighted by atomic mass is 9.98. The molecule has 1 atom stereocenters. The summed E-state index contributed by atoms with van der Waals surface area (Å²) in [5, 5.41) is 0. The fourth-order valence-electron chi connectivity index (χ4n) is 1.45. The standard InChI is InChI=1S/C11H14F3NO/c1-3-10(15)8-5-4-7(16-2)6-9(8)11(12,13)14/h4-6,10H,3,15H2,1-2H3/t10-/m1/s1. The summed E-state index contributed by atoms with van der Waals surface area (Å²) >= 11 is 0. The summed E-state index contributed by atoms with van der Waals surface area (Å²) in [6.45, 7) is 1.75. The monoisotopic (exact) mass is 233 g/mol. The van der Waals surface area contributed by atoms with Gasteiger partial charge in [-0.15, -0.1) is 0 Å². The van der Waals surface area contributed by atoms with Crippen molar-refractivity contribution in [3.05, 3.63) is 29.3 Å². The van der Waals surface area contributed by atoms with Crippen LogP contribution in [0.3, 0.4) is 0 Å². The van der Waals surface area contributed by atoms with Gasteiger partial charge in [-0.25, -0.2) is 0 Å². The molecule has 2 nitrogen and oxygen atoms in total. The van der Waals surface area contributed by atoms with Gasteiger partial charge in [0.1, 0.15) is 5.75 Å². The second-order valence-electron chi connectivity index (χ2n) is 3.47. The van der Waals surface area contributed by atoms with Gasteiger partial charge in [-0.3, -0.25) is 0 Å². The van der Waals surface area contributed by atoms with E-state index in [9.17, 15) is 13.2 Å². The van der Waals surface area contributed by atoms with E-state index < -0.39 is 17.8 Å². The molecule has 0 aliphatic carbocycles. The van der Waals surface area contributed by atoms with Crippen LogP contribution in [0.15, 0.2) is 18.2 Å². The highest BCUT2D eigenvalue weighted by atomic mass is 19.4. The Hall–Kier alpha value is -1.23. The summed E-state index contributed by atoms with van der Waals surface area (Å²) in [5.41, 5.74) is 5.03. The quantitative estimate of drug-likeness (QED) is 0.870. The van der Waals surface area contributed by atoms with E-state index in [0.29, 0.717) is 6.42 Å². The van der Waals surface area contributed by atoms with E-state index in [-0.39, 0.29) is 11.3 Å². The smallest absolute Gasteiger partial charge is 0.416 e. The van der Waals surface area contributed by atoms with E-state index in [1.54, 1.807) is 6.92 Å². The van der Waals surface area contributed by atoms with Crippen LogP contribution in [0.4, 0.5) is 13.2 Å². The van der Waals surface area contributed by atoms with Gasteiger partial charge in [-0.1, -0.05) is 13.0 Å². The molecule has 2 N–H and O–H groups in total. The molecular weight excluding hydrogens is 219 g/mol. The van der Waals surface area contributed by atoms with E-state index in [4.69, 9.17) is 10.5 Å². The number of nitrogens with two attached hydrogens (primary N) is 1. The van der Waals surface area contributed by atoms with E-state index in [1.807, 2.05) is 0 Å². The molecule has 0 aliphatic heterocycles. The normalized spacial score (nSPS) is 13.6. The van der Waals surface area contributed by atoms with Crippen molar-refractivity contribution in [2.75, 3.05) is 7.11 Å². The van der Waals surface area contributed by atoms with Crippen molar-refractivity contribution in [3.63, 3.8) is 0 Å². The summed E-state index contributed by atoms with van der Waals surface area (Å²) in [4.78, 5) is 0. The summed E-state index contributed by atoms with van der Waals surface area (Å²) in [6.07, 6.45) is -3.95. The second-order valence-corrected chi connectivity index (χ2v) is 3.47. The molecule has 0 heterocycles. The van der Waals surface area contributed by atoms with Crippen molar-refractivity contribution in [2.45, 2.75) is 25.6 Å². The summed E-state index contributed by atoms with van der Waals surface area (Å²) in [5.74, 6) is 0.180. The van der Waals surface area contributed by atoms with Crippen LogP contribution in [0.25, 0.3) is 0 Å². The largest absolute Gasteiger partial charge is 0.497 e. The molecule has 0 spiro atoms. The molecule has 0 amide bonds. The molecule has 16 heavy (non-hydrogen) atoms. The van der Waals surface area contributed by atoms with E-state index in [2.05, 4.69) is 0 Å². The Morgan fingerprint density at radius 3 is 2.44 bits per heavy atom. The fraction of sp³-hybridized carbons (Fsp3) is 0.455. The van der Waals surface area contributed by atoms with Crippen molar-refractivity contribution < 1.29 is 17.9 Å². The lowest BCUT2D eigenvalue weighted by Gasteiger charge is -2.18. The first-order valence-electron chi connectivity index (χ1n) is 4.90. The number of methoxy groups -OCH3 is 1. The van der Waals surface area contributed by atoms with E-state index in [1.165, 1.54) is 19.2 Å². The van der Waals surface area contributed by atoms with Crippen LogP contribution in [0.1, 0.15) is 30.5 Å². The number of halogens is 3. The predicted octanol–water partition coefficient (Wildman–Crippen LogP) is 3.12. The van der Waals surface area contributed by atoms with Crippen molar-refractivity contribution >= 4 is 0 Å². The van der Waals surface area contributed by atoms with Gasteiger partial charge in [0.05, 0.1) is 12.7 Å². The lowest BCUT2D eigenvalue weighted by molar-refractivity contribution is -0.138. The Balaban J connectivity index is 3.27. The molecule has 90 valence electrons. The van der Waals surface area contributed by atoms with Gasteiger partial charge in [-0.2, -0.15) is 13.2 Å². The Kier molecular flexibility index (Phi) is 3.80. The lowest BCUT2D eigenvalue weighted by Crippen LogP contribution is -2.17. The Bertz CT molecular complexity index is 363. The van der Waals surface area contributed by atoms with Crippen LogP contribution in [0.2, 0.25) is 0 Å². The third-order valence-electron chi connectivity index (χ3n) is 2.41. The van der Waals surface area contributed by atoms with Crippen molar-refractivity contribution in [2.24, 2.45) is 5.73 Å². The van der Waals surface area contributed by atoms with Gasteiger partial charge >= 0.3 is 6.18 Å². The first-order chi connectivity index (χ1) is 7.40. The van der Waals surface area contributed by atoms with Crippen LogP contribution >= 0.6 is 0 Å². The maximum absolute atomic E-state index is 12.8. The molecule has 1 rings (SSSR count). The van der Waals surface area contributed by atoms with Gasteiger partial charge in [0.25, 0.3) is 0 Å². The van der Waals surface area contributed by atoms with Crippen LogP contribution in [0.5, 0.6) is 5.75 Å². The van der Waals surface area contributed by atoms with Crippen molar-refractivity contribution in [3.8, 4) is 5.75 Å². The number of benzene rings is 1. The number of ether oxygens (including phenoxy) is 1. The minimum atomic E-state index is -4.41. The highest BCUT2D eigenvalue weighted by Crippen LogP contribution is 2.36. The molecule has 1 aromatic rings. The Morgan fingerprint density at radius 2 is 2.00 bits per heavy atom. The molecule has 5 heteroatoms. The maximum Gasteiger partial charge on any atom is 0.416 e. The Morgan fingerprint density at radius 1 is 1.38 bits per heavy atom. The number of hydrogen-bond donors (Lipinski definition) is 1. The zero-order valence-corrected chi connectivity index (χ0v) is 9.14. The molecule has 0 fully saturated rings. The second kappa shape index (κ2) is 4.74. The maximum atomic E-state index is 12.8. The van der Waals surface area contributed by atoms with Gasteiger partial charge < -0.3 is 10.5 Å². The van der Waals surface area contributed by atoms with Crippen molar-refractivity contribution in [1.29, 1.82) is 0 Å². The van der Waals surface area contributed by atoms with Crippen molar-refractivity contribution in [1.82, 2.24) is 0 Å². The zero-order chi connectivity index (χ0) is 12.3. The topological polar surface area (TPSA) is 35.2 Å². The molecular formula is C11H14F3NO. The summed E-state index contributed by atoms with van der Waals surface area (Å²) in [6, 6.07) is 3.23. The highest BCUT2D eigenvalue weighted by Gasteiger charge is 2.34. The molecule has 0 radical (unpaired) electrons. The van der Waals surface area contributed by atoms with E-state index in [0.717, 1.165) is 6.07 Å². The summed E-state index contributed by atoms with van der Waals surface area (Å²) in [7, 11) is 1.33. The summed E-state index contributed by atoms with van der Waals surface area (Å²) < 4.78 is 43.0. The molecule has 0 saturated heterocycles. The van der Waals surface area contributed by atoms with Gasteiger partial charge in [0.15, 0.2) is 0 Å². The predicted molar refractivity (Wildman–Crippen MR) is 55.2 cm³/mol. The van der Waals surface area contributed by atoms with Gasteiger partial charge in [0.2, 0.25) is 0 Å². The molecule has 0 aromatic heterocycles. The third kappa shape index (κ3) is 2.66. The third-order valence-corrected chi connectivity index (χ3v) is 2.41. The SMILES string of the molecule is CC[C@@H](N)c1ccc(OC)cc1C(F)(F)F. The highest BCUT2D eigenvalue weighted by molar-refractivity contribution is 5.39. The fourth-order valence-corrected chi connectivity index (χ4v) is 1.45. The van der Waals surface area contributed by atoms with E-state index >= 15 is 0 Å². The number of alkyl halides is 3. The molecule has 0 aliphatic rings. The van der Waals surface area contributed by atoms with Crippen LogP contribution in [-0.4, -0.2) is 7.11 Å². The first-order valence-corrected chi connectivity index (χ1v) is 4.90. The Labute approximate surface area is 92.2 Å². The molecule has 1 aromatic carbocycles. The van der Waals surface area contributed by atoms with Crippen LogP contribution in [-0.2, 0) is 6.18 Å². The minimum Gasteiger partial charge on any atom is -0.497 e. The average Bonchev–Trinajstić information content (AvgIpc) is 2.26. The molecule has 0 bridgehead atoms.